The first-order valence-electron chi connectivity index (χ1n) is 10.6. The Kier molecular flexibility index (Phi) is 7.33. The quantitative estimate of drug-likeness (QED) is 0.462. The van der Waals surface area contributed by atoms with Crippen LogP contribution in [0, 0.1) is 17.1 Å². The van der Waals surface area contributed by atoms with Crippen molar-refractivity contribution in [1.82, 2.24) is 20.4 Å². The van der Waals surface area contributed by atoms with Gasteiger partial charge in [0.05, 0.1) is 18.0 Å². The van der Waals surface area contributed by atoms with Crippen LogP contribution in [0.2, 0.25) is 5.02 Å². The molecule has 0 spiro atoms. The van der Waals surface area contributed by atoms with Gasteiger partial charge in [0.25, 0.3) is 11.5 Å². The first-order chi connectivity index (χ1) is 17.5. The molecule has 14 heteroatoms. The summed E-state index contributed by atoms with van der Waals surface area (Å²) in [6, 6.07) is 9.64. The van der Waals surface area contributed by atoms with E-state index in [4.69, 9.17) is 26.3 Å². The molecular formula is C23H16ClF4N5O4. The fourth-order valence-corrected chi connectivity index (χ4v) is 3.74. The molecule has 1 aliphatic rings. The lowest BCUT2D eigenvalue weighted by Gasteiger charge is -2.30. The van der Waals surface area contributed by atoms with E-state index in [2.05, 4.69) is 15.8 Å². The lowest BCUT2D eigenvalue weighted by atomic mass is 10.1. The van der Waals surface area contributed by atoms with Crippen molar-refractivity contribution < 1.29 is 31.8 Å². The molecule has 4 rings (SSSR count). The fourth-order valence-electron chi connectivity index (χ4n) is 3.51. The average molecular weight is 538 g/mol. The molecule has 2 atom stereocenters. The molecule has 1 fully saturated rings. The van der Waals surface area contributed by atoms with E-state index < -0.39 is 47.0 Å². The molecule has 2 N–H and O–H groups in total. The zero-order chi connectivity index (χ0) is 26.7. The molecule has 1 amide bonds. The zero-order valence-electron chi connectivity index (χ0n) is 18.6. The predicted molar refractivity (Wildman–Crippen MR) is 120 cm³/mol. The summed E-state index contributed by atoms with van der Waals surface area (Å²) in [5.74, 6) is -2.17. The van der Waals surface area contributed by atoms with E-state index in [9.17, 15) is 27.2 Å². The van der Waals surface area contributed by atoms with E-state index in [-0.39, 0.29) is 35.1 Å². The maximum absolute atomic E-state index is 13.6. The first-order valence-corrected chi connectivity index (χ1v) is 10.9. The zero-order valence-corrected chi connectivity index (χ0v) is 19.3. The minimum atomic E-state index is -5.02. The second-order valence-corrected chi connectivity index (χ2v) is 8.33. The lowest BCUT2D eigenvalue weighted by molar-refractivity contribution is -0.142. The Morgan fingerprint density at radius 3 is 2.57 bits per heavy atom. The highest BCUT2D eigenvalue weighted by Gasteiger charge is 2.39. The number of amides is 1. The largest absolute Gasteiger partial charge is 0.480 e. The maximum atomic E-state index is 13.6. The third-order valence-electron chi connectivity index (χ3n) is 5.18. The van der Waals surface area contributed by atoms with Crippen molar-refractivity contribution in [2.24, 2.45) is 0 Å². The van der Waals surface area contributed by atoms with E-state index in [1.54, 1.807) is 6.07 Å². The lowest BCUT2D eigenvalue weighted by Crippen LogP contribution is -2.58. The van der Waals surface area contributed by atoms with Crippen LogP contribution in [0.5, 0.6) is 17.2 Å². The molecule has 2 heterocycles. The molecule has 0 radical (unpaired) electrons. The number of rotatable bonds is 6. The smallest absolute Gasteiger partial charge is 0.437 e. The van der Waals surface area contributed by atoms with E-state index in [0.29, 0.717) is 6.33 Å². The van der Waals surface area contributed by atoms with E-state index in [1.165, 1.54) is 18.2 Å². The number of nitrogens with zero attached hydrogens (tertiary/aromatic N) is 3. The number of nitrogens with one attached hydrogen (secondary N) is 2. The molecule has 37 heavy (non-hydrogen) atoms. The summed E-state index contributed by atoms with van der Waals surface area (Å²) >= 11 is 5.89. The molecule has 192 valence electrons. The van der Waals surface area contributed by atoms with Gasteiger partial charge < -0.3 is 9.47 Å². The van der Waals surface area contributed by atoms with Crippen LogP contribution < -0.4 is 25.9 Å². The van der Waals surface area contributed by atoms with E-state index >= 15 is 0 Å². The summed E-state index contributed by atoms with van der Waals surface area (Å²) < 4.78 is 65.7. The van der Waals surface area contributed by atoms with Gasteiger partial charge in [-0.2, -0.15) is 18.4 Å². The van der Waals surface area contributed by atoms with Gasteiger partial charge in [0.15, 0.2) is 11.8 Å². The number of hydrogen-bond acceptors (Lipinski definition) is 7. The number of ether oxygens (including phenoxy) is 2. The Morgan fingerprint density at radius 1 is 1.16 bits per heavy atom. The summed E-state index contributed by atoms with van der Waals surface area (Å²) in [7, 11) is 0. The van der Waals surface area contributed by atoms with Crippen LogP contribution in [0.25, 0.3) is 0 Å². The summed E-state index contributed by atoms with van der Waals surface area (Å²) in [6.07, 6.45) is -5.31. The maximum Gasteiger partial charge on any atom is 0.437 e. The Bertz CT molecular complexity index is 1420. The van der Waals surface area contributed by atoms with Crippen molar-refractivity contribution in [3.63, 3.8) is 0 Å². The van der Waals surface area contributed by atoms with Crippen molar-refractivity contribution in [1.29, 1.82) is 5.26 Å². The highest BCUT2D eigenvalue weighted by molar-refractivity contribution is 6.30. The van der Waals surface area contributed by atoms with Gasteiger partial charge in [0.1, 0.15) is 17.3 Å². The molecule has 2 aromatic carbocycles. The molecule has 1 saturated heterocycles. The van der Waals surface area contributed by atoms with Crippen molar-refractivity contribution in [3.8, 4) is 23.3 Å². The van der Waals surface area contributed by atoms with Crippen molar-refractivity contribution in [2.75, 3.05) is 0 Å². The van der Waals surface area contributed by atoms with Crippen LogP contribution in [-0.2, 0) is 17.5 Å². The van der Waals surface area contributed by atoms with Gasteiger partial charge in [-0.3, -0.25) is 19.6 Å². The van der Waals surface area contributed by atoms with Gasteiger partial charge in [-0.15, -0.1) is 0 Å². The van der Waals surface area contributed by atoms with Crippen LogP contribution in [0.15, 0.2) is 53.6 Å². The van der Waals surface area contributed by atoms with Gasteiger partial charge >= 0.3 is 6.18 Å². The summed E-state index contributed by atoms with van der Waals surface area (Å²) in [5, 5.41) is 9.09. The molecule has 2 unspecified atom stereocenters. The Labute approximate surface area is 211 Å². The van der Waals surface area contributed by atoms with Gasteiger partial charge in [0.2, 0.25) is 5.75 Å². The second-order valence-electron chi connectivity index (χ2n) is 7.89. The minimum absolute atomic E-state index is 0.00891. The van der Waals surface area contributed by atoms with Gasteiger partial charge in [-0.1, -0.05) is 11.6 Å². The molecule has 0 bridgehead atoms. The minimum Gasteiger partial charge on any atom is -0.480 e. The van der Waals surface area contributed by atoms with E-state index in [0.717, 1.165) is 28.8 Å². The number of benzene rings is 2. The second kappa shape index (κ2) is 10.5. The molecule has 3 aromatic rings. The molecule has 1 aliphatic heterocycles. The molecule has 1 aromatic heterocycles. The number of nitriles is 1. The van der Waals surface area contributed by atoms with Crippen LogP contribution in [0.1, 0.15) is 17.7 Å². The third kappa shape index (κ3) is 6.16. The highest BCUT2D eigenvalue weighted by atomic mass is 35.5. The van der Waals surface area contributed by atoms with Gasteiger partial charge in [0, 0.05) is 24.0 Å². The van der Waals surface area contributed by atoms with E-state index in [1.807, 2.05) is 0 Å². The number of hydrazine groups is 1. The fraction of sp³-hybridized carbons (Fsp3) is 0.217. The van der Waals surface area contributed by atoms with Crippen LogP contribution in [0.3, 0.4) is 0 Å². The molecule has 9 nitrogen and oxygen atoms in total. The normalized spacial score (nSPS) is 17.6. The summed E-state index contributed by atoms with van der Waals surface area (Å²) in [6.45, 7) is -0.219. The monoisotopic (exact) mass is 537 g/mol. The molecule has 0 aliphatic carbocycles. The van der Waals surface area contributed by atoms with Crippen LogP contribution in [-0.4, -0.2) is 27.6 Å². The summed E-state index contributed by atoms with van der Waals surface area (Å²) in [5.41, 5.74) is 2.34. The third-order valence-corrected chi connectivity index (χ3v) is 5.40. The molecular weight excluding hydrogens is 522 g/mol. The van der Waals surface area contributed by atoms with Crippen LogP contribution >= 0.6 is 11.6 Å². The van der Waals surface area contributed by atoms with Crippen LogP contribution in [0.4, 0.5) is 17.6 Å². The Hall–Kier alpha value is -4.15. The summed E-state index contributed by atoms with van der Waals surface area (Å²) in [4.78, 5) is 28.6. The number of alkyl halides is 3. The molecule has 0 saturated carbocycles. The number of carbonyl (C=O) groups is 1. The standard InChI is InChI=1S/C23H16ClF4N5O4/c24-13-5-12(9-29)6-17(7-13)37-19-20(23(26,27)28)30-11-33(22(19)35)10-15-8-18(21(34)32-31-15)36-16-3-1-14(25)2-4-16/h1-7,11,15,18,31H,8,10H2,(H,32,34). The topological polar surface area (TPSA) is 118 Å². The Balaban J connectivity index is 1.59. The number of carbonyl (C=O) groups excluding carboxylic acids is 1. The van der Waals surface area contributed by atoms with Crippen molar-refractivity contribution in [3.05, 3.63) is 81.2 Å². The number of halogens is 5. The van der Waals surface area contributed by atoms with Crippen molar-refractivity contribution >= 4 is 17.5 Å². The van der Waals surface area contributed by atoms with Crippen molar-refractivity contribution in [2.45, 2.75) is 31.3 Å². The number of hydrogen-bond donors (Lipinski definition) is 2. The highest BCUT2D eigenvalue weighted by Crippen LogP contribution is 2.35. The SMILES string of the molecule is N#Cc1cc(Cl)cc(Oc2c(C(F)(F)F)ncn(CC3CC(Oc4ccc(F)cc4)C(=O)NN3)c2=O)c1. The number of aromatic nitrogens is 2. The average Bonchev–Trinajstić information content (AvgIpc) is 2.84. The van der Waals surface area contributed by atoms with Gasteiger partial charge in [-0.25, -0.2) is 14.8 Å². The Morgan fingerprint density at radius 2 is 1.89 bits per heavy atom. The first kappa shape index (κ1) is 25.9. The van der Waals surface area contributed by atoms with Gasteiger partial charge in [-0.05, 0) is 42.5 Å². The predicted octanol–water partition coefficient (Wildman–Crippen LogP) is 3.56.